The lowest BCUT2D eigenvalue weighted by Gasteiger charge is -2.22. The fourth-order valence-electron chi connectivity index (χ4n) is 3.63. The molecule has 0 unspecified atom stereocenters. The highest BCUT2D eigenvalue weighted by Crippen LogP contribution is 2.26. The zero-order valence-electron chi connectivity index (χ0n) is 19.8. The van der Waals surface area contributed by atoms with Gasteiger partial charge in [-0.15, -0.1) is 0 Å². The summed E-state index contributed by atoms with van der Waals surface area (Å²) in [6, 6.07) is -0.202. The number of hydrogen-bond donors (Lipinski definition) is 5. The molecule has 0 radical (unpaired) electrons. The summed E-state index contributed by atoms with van der Waals surface area (Å²) < 4.78 is 5.75. The Morgan fingerprint density at radius 2 is 1.62 bits per heavy atom. The van der Waals surface area contributed by atoms with Crippen LogP contribution in [0.4, 0.5) is 0 Å². The van der Waals surface area contributed by atoms with Crippen LogP contribution >= 0.6 is 0 Å². The lowest BCUT2D eigenvalue weighted by atomic mass is 10.0. The van der Waals surface area contributed by atoms with Gasteiger partial charge in [-0.05, 0) is 26.7 Å². The molecule has 0 aliphatic carbocycles. The van der Waals surface area contributed by atoms with Crippen LogP contribution in [0.2, 0.25) is 0 Å². The van der Waals surface area contributed by atoms with E-state index in [0.717, 1.165) is 5.57 Å². The second-order valence-electron chi connectivity index (χ2n) is 8.66. The molecule has 1 fully saturated rings. The molecule has 186 valence electrons. The van der Waals surface area contributed by atoms with Gasteiger partial charge in [0.1, 0.15) is 12.2 Å². The molecule has 2 heterocycles. The molecule has 2 rings (SSSR count). The zero-order chi connectivity index (χ0) is 24.9. The van der Waals surface area contributed by atoms with Gasteiger partial charge < -0.3 is 30.5 Å². The summed E-state index contributed by atoms with van der Waals surface area (Å²) in [5.41, 5.74) is 0.952. The zero-order valence-corrected chi connectivity index (χ0v) is 19.8. The van der Waals surface area contributed by atoms with Crippen molar-refractivity contribution < 1.29 is 30.0 Å². The largest absolute Gasteiger partial charge is 0.390 e. The number of fused-ring (bicyclic) bond motifs is 2. The van der Waals surface area contributed by atoms with Crippen LogP contribution in [-0.4, -0.2) is 69.0 Å². The van der Waals surface area contributed by atoms with E-state index in [0.29, 0.717) is 6.42 Å². The molecule has 0 aromatic carbocycles. The first-order valence-electron chi connectivity index (χ1n) is 11.6. The van der Waals surface area contributed by atoms with Crippen LogP contribution in [0.1, 0.15) is 33.1 Å². The van der Waals surface area contributed by atoms with Gasteiger partial charge in [0.05, 0.1) is 24.4 Å². The highest BCUT2D eigenvalue weighted by Gasteiger charge is 2.38. The van der Waals surface area contributed by atoms with Crippen molar-refractivity contribution in [3.05, 3.63) is 84.6 Å². The average Bonchev–Trinajstić information content (AvgIpc) is 3.15. The quantitative estimate of drug-likeness (QED) is 0.369. The Bertz CT molecular complexity index is 853. The van der Waals surface area contributed by atoms with Crippen molar-refractivity contribution in [1.29, 1.82) is 0 Å². The van der Waals surface area contributed by atoms with Crippen molar-refractivity contribution in [2.24, 2.45) is 0 Å². The monoisotopic (exact) mass is 471 g/mol. The molecule has 1 saturated heterocycles. The summed E-state index contributed by atoms with van der Waals surface area (Å²) in [6.07, 6.45) is 18.3. The highest BCUT2D eigenvalue weighted by atomic mass is 16.5. The topological polar surface area (TPSA) is 119 Å². The summed E-state index contributed by atoms with van der Waals surface area (Å²) >= 11 is 0. The normalized spacial score (nSPS) is 34.4. The van der Waals surface area contributed by atoms with Gasteiger partial charge in [-0.3, -0.25) is 4.79 Å². The van der Waals surface area contributed by atoms with Crippen LogP contribution in [0, 0.1) is 0 Å². The van der Waals surface area contributed by atoms with Crippen LogP contribution in [-0.2, 0) is 9.53 Å². The van der Waals surface area contributed by atoms with E-state index in [-0.39, 0.29) is 24.8 Å². The molecule has 5 N–H and O–H groups in total. The second kappa shape index (κ2) is 14.7. The van der Waals surface area contributed by atoms with Gasteiger partial charge in [-0.25, -0.2) is 0 Å². The Hall–Kier alpha value is -2.55. The summed E-state index contributed by atoms with van der Waals surface area (Å²) in [5.74, 6) is -0.257. The van der Waals surface area contributed by atoms with Crippen molar-refractivity contribution in [2.75, 3.05) is 0 Å². The van der Waals surface area contributed by atoms with Gasteiger partial charge in [0.25, 0.3) is 0 Å². The molecular weight excluding hydrogens is 434 g/mol. The number of rotatable bonds is 0. The van der Waals surface area contributed by atoms with Gasteiger partial charge in [-0.2, -0.15) is 0 Å². The van der Waals surface area contributed by atoms with Crippen molar-refractivity contribution in [2.45, 2.75) is 75.8 Å². The number of ether oxygens (including phenoxy) is 1. The molecular formula is C27H37NO6. The van der Waals surface area contributed by atoms with Crippen molar-refractivity contribution in [3.8, 4) is 0 Å². The maximum absolute atomic E-state index is 12.0. The Morgan fingerprint density at radius 1 is 0.882 bits per heavy atom. The smallest absolute Gasteiger partial charge is 0.244 e. The third-order valence-corrected chi connectivity index (χ3v) is 5.50. The Morgan fingerprint density at radius 3 is 2.41 bits per heavy atom. The molecule has 2 aliphatic rings. The lowest BCUT2D eigenvalue weighted by Crippen LogP contribution is -2.37. The van der Waals surface area contributed by atoms with Gasteiger partial charge in [0.2, 0.25) is 5.91 Å². The number of carbonyl (C=O) groups is 1. The fraction of sp³-hybridized carbons (Fsp3) is 0.444. The van der Waals surface area contributed by atoms with Gasteiger partial charge in [-0.1, -0.05) is 78.5 Å². The van der Waals surface area contributed by atoms with Crippen molar-refractivity contribution >= 4 is 5.91 Å². The molecule has 2 aliphatic heterocycles. The third-order valence-electron chi connectivity index (χ3n) is 5.50. The molecule has 0 aromatic rings. The van der Waals surface area contributed by atoms with Crippen LogP contribution in [0.3, 0.4) is 0 Å². The SMILES string of the molecule is CC1=CC=C[C@@H]2O[C@H](C[C@H]2O)[C@H](O)[C@H](O)CC=CC=CC=CC(=O)N[C@@H](C)C[C@@H](O)C=CC=C1. The second-order valence-corrected chi connectivity index (χ2v) is 8.66. The first-order valence-corrected chi connectivity index (χ1v) is 11.6. The van der Waals surface area contributed by atoms with Gasteiger partial charge >= 0.3 is 0 Å². The number of aliphatic hydroxyl groups excluding tert-OH is 4. The molecule has 7 atom stereocenters. The maximum atomic E-state index is 12.0. The van der Waals surface area contributed by atoms with Crippen molar-refractivity contribution in [1.82, 2.24) is 5.32 Å². The van der Waals surface area contributed by atoms with E-state index in [9.17, 15) is 25.2 Å². The average molecular weight is 472 g/mol. The maximum Gasteiger partial charge on any atom is 0.244 e. The number of carbonyl (C=O) groups excluding carboxylic acids is 1. The minimum Gasteiger partial charge on any atom is -0.390 e. The summed E-state index contributed by atoms with van der Waals surface area (Å²) in [7, 11) is 0. The first kappa shape index (κ1) is 27.7. The van der Waals surface area contributed by atoms with Crippen LogP contribution < -0.4 is 5.32 Å². The minimum absolute atomic E-state index is 0.202. The van der Waals surface area contributed by atoms with E-state index < -0.39 is 36.6 Å². The Balaban J connectivity index is 2.11. The fourth-order valence-corrected chi connectivity index (χ4v) is 3.63. The van der Waals surface area contributed by atoms with Crippen LogP contribution in [0.15, 0.2) is 84.6 Å². The van der Waals surface area contributed by atoms with Gasteiger partial charge in [0, 0.05) is 18.5 Å². The standard InChI is InChI=1S/C27H37NO6/c1-19-11-8-9-13-21(29)17-20(2)28-26(32)16-7-5-3-4-6-14-22(30)27(33)25-18-23(31)24(34-25)15-10-12-19/h3-13,15-16,20-25,27,29-31,33H,14,17-18H2,1-2H3,(H,28,32)/t20-,21-,22+,23+,24-,25+,27+/m0/s1. The third kappa shape index (κ3) is 10.2. The lowest BCUT2D eigenvalue weighted by molar-refractivity contribution is -0.117. The van der Waals surface area contributed by atoms with E-state index in [1.54, 1.807) is 54.7 Å². The van der Waals surface area contributed by atoms with E-state index in [1.807, 2.05) is 32.1 Å². The van der Waals surface area contributed by atoms with E-state index in [4.69, 9.17) is 4.74 Å². The van der Waals surface area contributed by atoms with Crippen LogP contribution in [0.25, 0.3) is 0 Å². The molecule has 0 saturated carbocycles. The summed E-state index contributed by atoms with van der Waals surface area (Å²) in [5, 5.41) is 43.9. The van der Waals surface area contributed by atoms with E-state index in [1.165, 1.54) is 6.08 Å². The van der Waals surface area contributed by atoms with Gasteiger partial charge in [0.15, 0.2) is 0 Å². The van der Waals surface area contributed by atoms with E-state index in [2.05, 4.69) is 5.32 Å². The van der Waals surface area contributed by atoms with Crippen LogP contribution in [0.5, 0.6) is 0 Å². The first-order chi connectivity index (χ1) is 16.3. The molecule has 1 amide bonds. The molecule has 0 spiro atoms. The van der Waals surface area contributed by atoms with Crippen molar-refractivity contribution in [3.63, 3.8) is 0 Å². The highest BCUT2D eigenvalue weighted by molar-refractivity contribution is 5.87. The number of allylic oxidation sites excluding steroid dienone is 10. The Labute approximate surface area is 201 Å². The Kier molecular flexibility index (Phi) is 11.9. The number of aliphatic hydroxyl groups is 4. The summed E-state index contributed by atoms with van der Waals surface area (Å²) in [4.78, 5) is 12.0. The minimum atomic E-state index is -1.12. The number of nitrogens with one attached hydrogen (secondary N) is 1. The number of amides is 1. The predicted molar refractivity (Wildman–Crippen MR) is 133 cm³/mol. The van der Waals surface area contributed by atoms with E-state index >= 15 is 0 Å². The summed E-state index contributed by atoms with van der Waals surface area (Å²) in [6.45, 7) is 3.75. The number of hydrogen-bond acceptors (Lipinski definition) is 6. The molecule has 2 bridgehead atoms. The molecule has 0 aromatic heterocycles. The molecule has 7 heteroatoms. The predicted octanol–water partition coefficient (Wildman–Crippen LogP) is 2.17. The molecule has 34 heavy (non-hydrogen) atoms. The molecule has 7 nitrogen and oxygen atoms in total.